The molecular weight excluding hydrogens is 345 g/mol. The summed E-state index contributed by atoms with van der Waals surface area (Å²) in [7, 11) is 0. The molecule has 0 fully saturated rings. The largest absolute Gasteiger partial charge is 0.484 e. The second kappa shape index (κ2) is 7.73. The standard InChI is InChI=1S/C16H14Cl3NO2/c1-10(14-7-4-12(18)8-15(14)19)20-16(21)9-22-13-5-2-11(17)3-6-13/h2-8,10H,9H2,1H3,(H,20,21). The van der Waals surface area contributed by atoms with Crippen molar-refractivity contribution in [1.82, 2.24) is 5.32 Å². The Bertz CT molecular complexity index is 659. The molecule has 22 heavy (non-hydrogen) atoms. The second-order valence-corrected chi connectivity index (χ2v) is 5.98. The van der Waals surface area contributed by atoms with Crippen LogP contribution in [0.4, 0.5) is 0 Å². The molecule has 0 bridgehead atoms. The molecule has 116 valence electrons. The maximum atomic E-state index is 11.9. The third kappa shape index (κ3) is 4.80. The summed E-state index contributed by atoms with van der Waals surface area (Å²) < 4.78 is 5.38. The van der Waals surface area contributed by atoms with Crippen LogP contribution in [0, 0.1) is 0 Å². The van der Waals surface area contributed by atoms with Gasteiger partial charge in [-0.1, -0.05) is 40.9 Å². The summed E-state index contributed by atoms with van der Waals surface area (Å²) in [6, 6.07) is 11.7. The summed E-state index contributed by atoms with van der Waals surface area (Å²) in [5.41, 5.74) is 0.797. The number of nitrogens with one attached hydrogen (secondary N) is 1. The van der Waals surface area contributed by atoms with Crippen molar-refractivity contribution in [1.29, 1.82) is 0 Å². The van der Waals surface area contributed by atoms with Crippen LogP contribution in [-0.4, -0.2) is 12.5 Å². The van der Waals surface area contributed by atoms with E-state index in [0.29, 0.717) is 20.8 Å². The highest BCUT2D eigenvalue weighted by Gasteiger charge is 2.13. The minimum absolute atomic E-state index is 0.0861. The van der Waals surface area contributed by atoms with Crippen molar-refractivity contribution < 1.29 is 9.53 Å². The fourth-order valence-electron chi connectivity index (χ4n) is 1.89. The number of hydrogen-bond donors (Lipinski definition) is 1. The molecule has 0 aliphatic rings. The van der Waals surface area contributed by atoms with Crippen LogP contribution in [0.1, 0.15) is 18.5 Å². The van der Waals surface area contributed by atoms with Crippen molar-refractivity contribution >= 4 is 40.7 Å². The van der Waals surface area contributed by atoms with E-state index in [1.54, 1.807) is 42.5 Å². The molecule has 0 aromatic heterocycles. The maximum Gasteiger partial charge on any atom is 0.258 e. The molecule has 2 rings (SSSR count). The highest BCUT2D eigenvalue weighted by molar-refractivity contribution is 6.35. The zero-order valence-corrected chi connectivity index (χ0v) is 14.0. The summed E-state index contributed by atoms with van der Waals surface area (Å²) in [4.78, 5) is 11.9. The number of halogens is 3. The molecule has 1 N–H and O–H groups in total. The lowest BCUT2D eigenvalue weighted by Gasteiger charge is -2.16. The Kier molecular flexibility index (Phi) is 5.95. The minimum Gasteiger partial charge on any atom is -0.484 e. The lowest BCUT2D eigenvalue weighted by Crippen LogP contribution is -2.31. The fourth-order valence-corrected chi connectivity index (χ4v) is 2.59. The summed E-state index contributed by atoms with van der Waals surface area (Å²) >= 11 is 17.8. The van der Waals surface area contributed by atoms with Crippen LogP contribution in [0.5, 0.6) is 5.75 Å². The van der Waals surface area contributed by atoms with Crippen LogP contribution in [0.15, 0.2) is 42.5 Å². The van der Waals surface area contributed by atoms with Gasteiger partial charge in [0.1, 0.15) is 5.75 Å². The molecule has 1 unspecified atom stereocenters. The number of ether oxygens (including phenoxy) is 1. The predicted molar refractivity (Wildman–Crippen MR) is 90.0 cm³/mol. The van der Waals surface area contributed by atoms with Crippen molar-refractivity contribution in [2.24, 2.45) is 0 Å². The first-order valence-electron chi connectivity index (χ1n) is 6.58. The van der Waals surface area contributed by atoms with Gasteiger partial charge in [0, 0.05) is 15.1 Å². The van der Waals surface area contributed by atoms with Gasteiger partial charge in [-0.15, -0.1) is 0 Å². The molecule has 3 nitrogen and oxygen atoms in total. The van der Waals surface area contributed by atoms with E-state index < -0.39 is 0 Å². The van der Waals surface area contributed by atoms with E-state index in [1.807, 2.05) is 6.92 Å². The minimum atomic E-state index is -0.244. The van der Waals surface area contributed by atoms with Gasteiger partial charge in [0.15, 0.2) is 6.61 Å². The molecule has 0 saturated carbocycles. The zero-order chi connectivity index (χ0) is 16.1. The number of hydrogen-bond acceptors (Lipinski definition) is 2. The van der Waals surface area contributed by atoms with Crippen molar-refractivity contribution in [2.75, 3.05) is 6.61 Å². The van der Waals surface area contributed by atoms with Crippen LogP contribution in [0.25, 0.3) is 0 Å². The maximum absolute atomic E-state index is 11.9. The Morgan fingerprint density at radius 2 is 1.73 bits per heavy atom. The average molecular weight is 359 g/mol. The Balaban J connectivity index is 1.89. The summed E-state index contributed by atoms with van der Waals surface area (Å²) in [5.74, 6) is 0.338. The first-order chi connectivity index (χ1) is 10.5. The molecule has 0 aliphatic heterocycles. The second-order valence-electron chi connectivity index (χ2n) is 4.70. The van der Waals surface area contributed by atoms with E-state index in [0.717, 1.165) is 5.56 Å². The van der Waals surface area contributed by atoms with E-state index in [2.05, 4.69) is 5.32 Å². The van der Waals surface area contributed by atoms with Gasteiger partial charge in [-0.05, 0) is 48.9 Å². The molecule has 0 spiro atoms. The van der Waals surface area contributed by atoms with Gasteiger partial charge < -0.3 is 10.1 Å². The van der Waals surface area contributed by atoms with E-state index in [4.69, 9.17) is 39.5 Å². The number of amides is 1. The third-order valence-corrected chi connectivity index (χ3v) is 3.80. The first-order valence-corrected chi connectivity index (χ1v) is 7.72. The number of carbonyl (C=O) groups is 1. The van der Waals surface area contributed by atoms with E-state index >= 15 is 0 Å². The zero-order valence-electron chi connectivity index (χ0n) is 11.8. The van der Waals surface area contributed by atoms with E-state index in [-0.39, 0.29) is 18.6 Å². The van der Waals surface area contributed by atoms with Gasteiger partial charge in [-0.25, -0.2) is 0 Å². The van der Waals surface area contributed by atoms with Crippen molar-refractivity contribution in [2.45, 2.75) is 13.0 Å². The topological polar surface area (TPSA) is 38.3 Å². The van der Waals surface area contributed by atoms with Gasteiger partial charge in [-0.2, -0.15) is 0 Å². The van der Waals surface area contributed by atoms with Crippen LogP contribution < -0.4 is 10.1 Å². The van der Waals surface area contributed by atoms with Crippen LogP contribution in [0.3, 0.4) is 0 Å². The summed E-state index contributed by atoms with van der Waals surface area (Å²) in [5, 5.41) is 4.50. The van der Waals surface area contributed by atoms with Gasteiger partial charge in [0.05, 0.1) is 6.04 Å². The molecule has 1 amide bonds. The van der Waals surface area contributed by atoms with Crippen LogP contribution in [-0.2, 0) is 4.79 Å². The highest BCUT2D eigenvalue weighted by Crippen LogP contribution is 2.26. The Morgan fingerprint density at radius 3 is 2.36 bits per heavy atom. The Hall–Kier alpha value is -1.42. The van der Waals surface area contributed by atoms with Gasteiger partial charge in [0.25, 0.3) is 5.91 Å². The number of benzene rings is 2. The normalized spacial score (nSPS) is 11.8. The lowest BCUT2D eigenvalue weighted by atomic mass is 10.1. The first kappa shape index (κ1) is 16.9. The smallest absolute Gasteiger partial charge is 0.258 e. The highest BCUT2D eigenvalue weighted by atomic mass is 35.5. The van der Waals surface area contributed by atoms with Gasteiger partial charge >= 0.3 is 0 Å². The monoisotopic (exact) mass is 357 g/mol. The Labute approximate surface area is 144 Å². The van der Waals surface area contributed by atoms with Crippen LogP contribution in [0.2, 0.25) is 15.1 Å². The van der Waals surface area contributed by atoms with Crippen LogP contribution >= 0.6 is 34.8 Å². The predicted octanol–water partition coefficient (Wildman–Crippen LogP) is 4.90. The van der Waals surface area contributed by atoms with Gasteiger partial charge in [-0.3, -0.25) is 4.79 Å². The molecule has 0 saturated heterocycles. The number of carbonyl (C=O) groups excluding carboxylic acids is 1. The van der Waals surface area contributed by atoms with Crippen molar-refractivity contribution in [3.05, 3.63) is 63.1 Å². The fraction of sp³-hybridized carbons (Fsp3) is 0.188. The summed E-state index contributed by atoms with van der Waals surface area (Å²) in [6.07, 6.45) is 0. The lowest BCUT2D eigenvalue weighted by molar-refractivity contribution is -0.123. The molecule has 6 heteroatoms. The average Bonchev–Trinajstić information content (AvgIpc) is 2.46. The molecule has 0 radical (unpaired) electrons. The molecule has 0 aliphatic carbocycles. The van der Waals surface area contributed by atoms with Gasteiger partial charge in [0.2, 0.25) is 0 Å². The molecule has 0 heterocycles. The van der Waals surface area contributed by atoms with E-state index in [1.165, 1.54) is 0 Å². The Morgan fingerprint density at radius 1 is 1.09 bits per heavy atom. The third-order valence-electron chi connectivity index (χ3n) is 2.99. The molecule has 2 aromatic rings. The van der Waals surface area contributed by atoms with Crippen molar-refractivity contribution in [3.8, 4) is 5.75 Å². The molecule has 2 aromatic carbocycles. The number of rotatable bonds is 5. The quantitative estimate of drug-likeness (QED) is 0.825. The molecular formula is C16H14Cl3NO2. The van der Waals surface area contributed by atoms with E-state index in [9.17, 15) is 4.79 Å². The molecule has 1 atom stereocenters. The van der Waals surface area contributed by atoms with Crippen molar-refractivity contribution in [3.63, 3.8) is 0 Å². The SMILES string of the molecule is CC(NC(=O)COc1ccc(Cl)cc1)c1ccc(Cl)cc1Cl. The summed E-state index contributed by atoms with van der Waals surface area (Å²) in [6.45, 7) is 1.76.